The summed E-state index contributed by atoms with van der Waals surface area (Å²) in [5, 5.41) is 4.17. The second-order valence-electron chi connectivity index (χ2n) is 6.64. The van der Waals surface area contributed by atoms with Crippen molar-refractivity contribution in [3.63, 3.8) is 0 Å². The van der Waals surface area contributed by atoms with E-state index in [1.165, 1.54) is 12.3 Å². The Morgan fingerprint density at radius 1 is 0.867 bits per heavy atom. The molecule has 150 valence electrons. The summed E-state index contributed by atoms with van der Waals surface area (Å²) in [5.41, 5.74) is 2.38. The van der Waals surface area contributed by atoms with E-state index in [9.17, 15) is 4.79 Å². The molecule has 0 atom stereocenters. The van der Waals surface area contributed by atoms with Gasteiger partial charge < -0.3 is 19.7 Å². The fourth-order valence-corrected chi connectivity index (χ4v) is 3.12. The summed E-state index contributed by atoms with van der Waals surface area (Å²) in [6.45, 7) is 0.717. The predicted molar refractivity (Wildman–Crippen MR) is 116 cm³/mol. The highest BCUT2D eigenvalue weighted by Crippen LogP contribution is 2.33. The number of ether oxygens (including phenoxy) is 2. The Morgan fingerprint density at radius 2 is 1.50 bits per heavy atom. The molecule has 0 saturated carbocycles. The lowest BCUT2D eigenvalue weighted by molar-refractivity contribution is 0.292. The summed E-state index contributed by atoms with van der Waals surface area (Å²) >= 11 is 0. The summed E-state index contributed by atoms with van der Waals surface area (Å²) in [6, 6.07) is 24.4. The molecule has 0 bridgehead atoms. The van der Waals surface area contributed by atoms with Gasteiger partial charge in [-0.3, -0.25) is 0 Å². The molecule has 0 amide bonds. The molecule has 6 nitrogen and oxygen atoms in total. The topological polar surface area (TPSA) is 87.1 Å². The van der Waals surface area contributed by atoms with Crippen LogP contribution >= 0.6 is 0 Å². The van der Waals surface area contributed by atoms with Gasteiger partial charge in [0.1, 0.15) is 30.3 Å². The van der Waals surface area contributed by atoms with Crippen molar-refractivity contribution in [2.75, 3.05) is 0 Å². The van der Waals surface area contributed by atoms with Crippen molar-refractivity contribution >= 4 is 17.2 Å². The lowest BCUT2D eigenvalue weighted by atomic mass is 10.1. The smallest absolute Gasteiger partial charge is 0.336 e. The van der Waals surface area contributed by atoms with E-state index in [0.717, 1.165) is 11.1 Å². The number of nitrogens with two attached hydrogens (primary N) is 1. The van der Waals surface area contributed by atoms with Gasteiger partial charge in [0, 0.05) is 23.8 Å². The van der Waals surface area contributed by atoms with Gasteiger partial charge in [0.15, 0.2) is 0 Å². The van der Waals surface area contributed by atoms with E-state index < -0.39 is 5.63 Å². The minimum Gasteiger partial charge on any atom is -0.489 e. The number of rotatable bonds is 7. The molecular formula is C24H20N2O4. The lowest BCUT2D eigenvalue weighted by Crippen LogP contribution is -2.04. The molecule has 0 aliphatic heterocycles. The molecule has 6 heteroatoms. The standard InChI is InChI=1S/C24H20N2O4/c25-26-14-19-11-23(27)30-22-13-20(28-15-17-7-3-1-4-8-17)12-21(24(19)22)29-16-18-9-5-2-6-10-18/h1-14H,15-16,25H2/b26-14-. The van der Waals surface area contributed by atoms with Crippen LogP contribution in [0.4, 0.5) is 0 Å². The van der Waals surface area contributed by atoms with Gasteiger partial charge in [0.25, 0.3) is 0 Å². The monoisotopic (exact) mass is 400 g/mol. The zero-order chi connectivity index (χ0) is 20.8. The Morgan fingerprint density at radius 3 is 2.13 bits per heavy atom. The highest BCUT2D eigenvalue weighted by atomic mass is 16.5. The van der Waals surface area contributed by atoms with E-state index >= 15 is 0 Å². The van der Waals surface area contributed by atoms with Crippen LogP contribution in [0.2, 0.25) is 0 Å². The van der Waals surface area contributed by atoms with Crippen LogP contribution in [0, 0.1) is 0 Å². The van der Waals surface area contributed by atoms with E-state index in [2.05, 4.69) is 5.10 Å². The first kappa shape index (κ1) is 19.3. The van der Waals surface area contributed by atoms with Gasteiger partial charge in [-0.2, -0.15) is 5.10 Å². The second-order valence-corrected chi connectivity index (χ2v) is 6.64. The van der Waals surface area contributed by atoms with Gasteiger partial charge in [-0.05, 0) is 11.1 Å². The molecule has 0 aliphatic rings. The van der Waals surface area contributed by atoms with Crippen molar-refractivity contribution in [2.45, 2.75) is 13.2 Å². The zero-order valence-corrected chi connectivity index (χ0v) is 16.2. The van der Waals surface area contributed by atoms with Crippen molar-refractivity contribution < 1.29 is 13.9 Å². The van der Waals surface area contributed by atoms with E-state index in [1.807, 2.05) is 60.7 Å². The molecule has 4 aromatic rings. The number of hydrazone groups is 1. The van der Waals surface area contributed by atoms with Gasteiger partial charge in [-0.25, -0.2) is 4.79 Å². The molecule has 0 spiro atoms. The first-order valence-electron chi connectivity index (χ1n) is 9.41. The minimum atomic E-state index is -0.508. The SMILES string of the molecule is N/N=C\c1cc(=O)oc2cc(OCc3ccccc3)cc(OCc3ccccc3)c12. The van der Waals surface area contributed by atoms with E-state index in [-0.39, 0.29) is 0 Å². The number of benzene rings is 3. The Hall–Kier alpha value is -4.06. The van der Waals surface area contributed by atoms with Gasteiger partial charge in [-0.1, -0.05) is 60.7 Å². The van der Waals surface area contributed by atoms with Crippen molar-refractivity contribution in [1.29, 1.82) is 0 Å². The number of fused-ring (bicyclic) bond motifs is 1. The van der Waals surface area contributed by atoms with Crippen molar-refractivity contribution in [1.82, 2.24) is 0 Å². The normalized spacial score (nSPS) is 11.1. The first-order valence-corrected chi connectivity index (χ1v) is 9.41. The fourth-order valence-electron chi connectivity index (χ4n) is 3.12. The molecule has 2 N–H and O–H groups in total. The minimum absolute atomic E-state index is 0.339. The van der Waals surface area contributed by atoms with E-state index in [0.29, 0.717) is 41.2 Å². The molecule has 0 aliphatic carbocycles. The third kappa shape index (κ3) is 4.50. The summed E-state index contributed by atoms with van der Waals surface area (Å²) < 4.78 is 17.4. The third-order valence-electron chi connectivity index (χ3n) is 4.51. The highest BCUT2D eigenvalue weighted by molar-refractivity contribution is 6.01. The van der Waals surface area contributed by atoms with Crippen LogP contribution in [0.15, 0.2) is 93.2 Å². The average Bonchev–Trinajstić information content (AvgIpc) is 2.77. The van der Waals surface area contributed by atoms with E-state index in [4.69, 9.17) is 19.7 Å². The molecule has 30 heavy (non-hydrogen) atoms. The zero-order valence-electron chi connectivity index (χ0n) is 16.2. The Labute approximate surface area is 173 Å². The van der Waals surface area contributed by atoms with Crippen LogP contribution in [0.1, 0.15) is 16.7 Å². The Kier molecular flexibility index (Phi) is 5.75. The molecule has 0 fully saturated rings. The van der Waals surface area contributed by atoms with Crippen LogP contribution in [-0.2, 0) is 13.2 Å². The maximum Gasteiger partial charge on any atom is 0.336 e. The largest absolute Gasteiger partial charge is 0.489 e. The fraction of sp³-hybridized carbons (Fsp3) is 0.0833. The maximum atomic E-state index is 12.0. The number of nitrogens with zero attached hydrogens (tertiary/aromatic N) is 1. The molecular weight excluding hydrogens is 380 g/mol. The molecule has 3 aromatic carbocycles. The van der Waals surface area contributed by atoms with Crippen molar-refractivity contribution in [2.24, 2.45) is 10.9 Å². The summed E-state index contributed by atoms with van der Waals surface area (Å²) in [7, 11) is 0. The first-order chi connectivity index (χ1) is 14.7. The van der Waals surface area contributed by atoms with Crippen molar-refractivity contribution in [3.05, 3.63) is 106 Å². The molecule has 0 unspecified atom stereocenters. The molecule has 0 radical (unpaired) electrons. The third-order valence-corrected chi connectivity index (χ3v) is 4.51. The maximum absolute atomic E-state index is 12.0. The average molecular weight is 400 g/mol. The molecule has 0 saturated heterocycles. The highest BCUT2D eigenvalue weighted by Gasteiger charge is 2.14. The van der Waals surface area contributed by atoms with E-state index in [1.54, 1.807) is 12.1 Å². The van der Waals surface area contributed by atoms with Crippen LogP contribution in [-0.4, -0.2) is 6.21 Å². The van der Waals surface area contributed by atoms with Gasteiger partial charge >= 0.3 is 5.63 Å². The lowest BCUT2D eigenvalue weighted by Gasteiger charge is -2.14. The van der Waals surface area contributed by atoms with Crippen LogP contribution in [0.3, 0.4) is 0 Å². The Bertz CT molecular complexity index is 1220. The van der Waals surface area contributed by atoms with Crippen LogP contribution in [0.25, 0.3) is 11.0 Å². The number of hydrogen-bond donors (Lipinski definition) is 1. The van der Waals surface area contributed by atoms with Crippen LogP contribution < -0.4 is 20.9 Å². The van der Waals surface area contributed by atoms with Gasteiger partial charge in [0.2, 0.25) is 0 Å². The summed E-state index contributed by atoms with van der Waals surface area (Å²) in [4.78, 5) is 12.0. The second kappa shape index (κ2) is 8.96. The van der Waals surface area contributed by atoms with Gasteiger partial charge in [-0.15, -0.1) is 0 Å². The predicted octanol–water partition coefficient (Wildman–Crippen LogP) is 4.24. The number of hydrogen-bond acceptors (Lipinski definition) is 6. The van der Waals surface area contributed by atoms with Crippen LogP contribution in [0.5, 0.6) is 11.5 Å². The molecule has 1 aromatic heterocycles. The summed E-state index contributed by atoms with van der Waals surface area (Å²) in [6.07, 6.45) is 1.40. The van der Waals surface area contributed by atoms with Gasteiger partial charge in [0.05, 0.1) is 11.6 Å². The van der Waals surface area contributed by atoms with Crippen molar-refractivity contribution in [3.8, 4) is 11.5 Å². The summed E-state index contributed by atoms with van der Waals surface area (Å²) in [5.74, 6) is 6.37. The quantitative estimate of drug-likeness (QED) is 0.217. The Balaban J connectivity index is 1.73. The molecule has 4 rings (SSSR count). The molecule has 1 heterocycles.